The Morgan fingerprint density at radius 1 is 1.32 bits per heavy atom. The van der Waals surface area contributed by atoms with Gasteiger partial charge >= 0.3 is 6.18 Å². The van der Waals surface area contributed by atoms with Crippen molar-refractivity contribution < 1.29 is 18.3 Å². The van der Waals surface area contributed by atoms with Crippen molar-refractivity contribution >= 4 is 23.4 Å². The van der Waals surface area contributed by atoms with Crippen molar-refractivity contribution in [3.05, 3.63) is 17.7 Å². The van der Waals surface area contributed by atoms with Gasteiger partial charge in [0, 0.05) is 18.9 Å². The molecule has 0 saturated carbocycles. The molecule has 0 fully saturated rings. The van der Waals surface area contributed by atoms with E-state index in [1.807, 2.05) is 0 Å². The second-order valence-corrected chi connectivity index (χ2v) is 5.00. The highest BCUT2D eigenvalue weighted by Crippen LogP contribution is 2.31. The third kappa shape index (κ3) is 6.02. The van der Waals surface area contributed by atoms with Gasteiger partial charge in [0.1, 0.15) is 11.6 Å². The molecule has 4 nitrogen and oxygen atoms in total. The monoisotopic (exact) mass is 295 g/mol. The number of nitrogens with one attached hydrogen (secondary N) is 1. The molecule has 1 heterocycles. The Balaban J connectivity index is 2.48. The fraction of sp³-hybridized carbons (Fsp3) is 0.545. The van der Waals surface area contributed by atoms with E-state index >= 15 is 0 Å². The standard InChI is InChI=1S/C11H16F3N3OS/c12-11(13,14)8-6-9(15)17-10(7-8)16-2-5-19-4-1-3-18/h6-7,18H,1-5H2,(H3,15,16,17). The Kier molecular flexibility index (Phi) is 6.23. The van der Waals surface area contributed by atoms with E-state index in [9.17, 15) is 13.2 Å². The Bertz CT molecular complexity index is 401. The number of aromatic nitrogens is 1. The number of nitrogens with two attached hydrogens (primary N) is 1. The largest absolute Gasteiger partial charge is 0.416 e. The van der Waals surface area contributed by atoms with Crippen LogP contribution in [0.3, 0.4) is 0 Å². The summed E-state index contributed by atoms with van der Waals surface area (Å²) in [5.74, 6) is 1.49. The molecule has 108 valence electrons. The van der Waals surface area contributed by atoms with Crippen LogP contribution in [0, 0.1) is 0 Å². The molecule has 4 N–H and O–H groups in total. The highest BCUT2D eigenvalue weighted by atomic mass is 32.2. The normalized spacial score (nSPS) is 11.6. The van der Waals surface area contributed by atoms with Crippen LogP contribution in [0.1, 0.15) is 12.0 Å². The maximum Gasteiger partial charge on any atom is 0.416 e. The molecule has 0 bridgehead atoms. The maximum absolute atomic E-state index is 12.5. The van der Waals surface area contributed by atoms with Gasteiger partial charge in [0.25, 0.3) is 0 Å². The summed E-state index contributed by atoms with van der Waals surface area (Å²) in [6.07, 6.45) is -3.72. The first-order valence-electron chi connectivity index (χ1n) is 5.70. The lowest BCUT2D eigenvalue weighted by Crippen LogP contribution is -2.11. The van der Waals surface area contributed by atoms with Crippen molar-refractivity contribution in [1.82, 2.24) is 4.98 Å². The molecule has 0 spiro atoms. The molecule has 0 aromatic carbocycles. The number of nitrogen functional groups attached to an aromatic ring is 1. The molecular weight excluding hydrogens is 279 g/mol. The number of aliphatic hydroxyl groups is 1. The van der Waals surface area contributed by atoms with Gasteiger partial charge in [-0.05, 0) is 24.3 Å². The molecule has 0 radical (unpaired) electrons. The van der Waals surface area contributed by atoms with Gasteiger partial charge in [0.2, 0.25) is 0 Å². The van der Waals surface area contributed by atoms with E-state index in [-0.39, 0.29) is 18.2 Å². The zero-order valence-electron chi connectivity index (χ0n) is 10.2. The molecule has 8 heteroatoms. The van der Waals surface area contributed by atoms with Crippen LogP contribution in [0.4, 0.5) is 24.8 Å². The van der Waals surface area contributed by atoms with E-state index in [0.29, 0.717) is 13.0 Å². The number of anilines is 2. The molecule has 0 aliphatic heterocycles. The number of hydrogen-bond donors (Lipinski definition) is 3. The van der Waals surface area contributed by atoms with E-state index in [2.05, 4.69) is 10.3 Å². The van der Waals surface area contributed by atoms with Crippen LogP contribution >= 0.6 is 11.8 Å². The highest BCUT2D eigenvalue weighted by molar-refractivity contribution is 7.99. The number of halogens is 3. The third-order valence-electron chi connectivity index (χ3n) is 2.17. The Labute approximate surface area is 113 Å². The number of aliphatic hydroxyl groups excluding tert-OH is 1. The average molecular weight is 295 g/mol. The van der Waals surface area contributed by atoms with Crippen LogP contribution in [0.25, 0.3) is 0 Å². The number of nitrogens with zero attached hydrogens (tertiary/aromatic N) is 1. The van der Waals surface area contributed by atoms with E-state index in [1.165, 1.54) is 0 Å². The minimum Gasteiger partial charge on any atom is -0.396 e. The maximum atomic E-state index is 12.5. The third-order valence-corrected chi connectivity index (χ3v) is 3.24. The van der Waals surface area contributed by atoms with Crippen LogP contribution in [0.2, 0.25) is 0 Å². The van der Waals surface area contributed by atoms with Crippen molar-refractivity contribution in [3.63, 3.8) is 0 Å². The summed E-state index contributed by atoms with van der Waals surface area (Å²) < 4.78 is 37.6. The smallest absolute Gasteiger partial charge is 0.396 e. The van der Waals surface area contributed by atoms with Crippen molar-refractivity contribution in [2.75, 3.05) is 35.7 Å². The summed E-state index contributed by atoms with van der Waals surface area (Å²) in [6.45, 7) is 0.635. The van der Waals surface area contributed by atoms with Gasteiger partial charge in [0.05, 0.1) is 5.56 Å². The molecule has 1 aromatic heterocycles. The molecule has 0 aliphatic carbocycles. The lowest BCUT2D eigenvalue weighted by Gasteiger charge is -2.11. The summed E-state index contributed by atoms with van der Waals surface area (Å²) in [7, 11) is 0. The molecule has 0 saturated heterocycles. The van der Waals surface area contributed by atoms with E-state index in [4.69, 9.17) is 10.8 Å². The molecule has 1 aromatic rings. The van der Waals surface area contributed by atoms with Gasteiger partial charge in [0.15, 0.2) is 0 Å². The number of thioether (sulfide) groups is 1. The molecular formula is C11H16F3N3OS. The molecule has 0 amide bonds. The predicted octanol–water partition coefficient (Wildman–Crippen LogP) is 2.21. The summed E-state index contributed by atoms with van der Waals surface area (Å²) in [6, 6.07) is 1.75. The van der Waals surface area contributed by atoms with Gasteiger partial charge in [-0.1, -0.05) is 0 Å². The number of alkyl halides is 3. The van der Waals surface area contributed by atoms with Crippen molar-refractivity contribution in [1.29, 1.82) is 0 Å². The van der Waals surface area contributed by atoms with E-state index in [0.717, 1.165) is 23.6 Å². The highest BCUT2D eigenvalue weighted by Gasteiger charge is 2.31. The Hall–Kier alpha value is -1.15. The Morgan fingerprint density at radius 3 is 2.68 bits per heavy atom. The molecule has 0 unspecified atom stereocenters. The molecule has 0 atom stereocenters. The fourth-order valence-corrected chi connectivity index (χ4v) is 2.11. The topological polar surface area (TPSA) is 71.2 Å². The lowest BCUT2D eigenvalue weighted by molar-refractivity contribution is -0.137. The number of rotatable bonds is 7. The number of pyridine rings is 1. The SMILES string of the molecule is Nc1cc(C(F)(F)F)cc(NCCSCCCO)n1. The summed E-state index contributed by atoms with van der Waals surface area (Å²) in [4.78, 5) is 3.80. The van der Waals surface area contributed by atoms with Crippen molar-refractivity contribution in [2.45, 2.75) is 12.6 Å². The quantitative estimate of drug-likeness (QED) is 0.673. The fourth-order valence-electron chi connectivity index (χ4n) is 1.33. The predicted molar refractivity (Wildman–Crippen MR) is 71.2 cm³/mol. The molecule has 1 rings (SSSR count). The zero-order chi connectivity index (χ0) is 14.3. The summed E-state index contributed by atoms with van der Waals surface area (Å²) in [5.41, 5.74) is 4.53. The minimum absolute atomic E-state index is 0.120. The second kappa shape index (κ2) is 7.44. The number of hydrogen-bond acceptors (Lipinski definition) is 5. The lowest BCUT2D eigenvalue weighted by atomic mass is 10.2. The second-order valence-electron chi connectivity index (χ2n) is 3.78. The first kappa shape index (κ1) is 15.9. The average Bonchev–Trinajstić information content (AvgIpc) is 2.32. The van der Waals surface area contributed by atoms with Crippen LogP contribution in [0.5, 0.6) is 0 Å². The molecule has 0 aliphatic rings. The van der Waals surface area contributed by atoms with Gasteiger partial charge in [-0.3, -0.25) is 0 Å². The van der Waals surface area contributed by atoms with Crippen molar-refractivity contribution in [3.8, 4) is 0 Å². The van der Waals surface area contributed by atoms with E-state index in [1.54, 1.807) is 11.8 Å². The first-order valence-corrected chi connectivity index (χ1v) is 6.86. The van der Waals surface area contributed by atoms with Crippen LogP contribution in [-0.4, -0.2) is 34.7 Å². The molecule has 19 heavy (non-hydrogen) atoms. The van der Waals surface area contributed by atoms with Gasteiger partial charge in [-0.2, -0.15) is 24.9 Å². The van der Waals surface area contributed by atoms with Crippen LogP contribution in [-0.2, 0) is 6.18 Å². The summed E-state index contributed by atoms with van der Waals surface area (Å²) >= 11 is 1.61. The van der Waals surface area contributed by atoms with Crippen LogP contribution in [0.15, 0.2) is 12.1 Å². The van der Waals surface area contributed by atoms with Gasteiger partial charge < -0.3 is 16.2 Å². The van der Waals surface area contributed by atoms with E-state index < -0.39 is 11.7 Å². The van der Waals surface area contributed by atoms with Crippen LogP contribution < -0.4 is 11.1 Å². The first-order chi connectivity index (χ1) is 8.93. The van der Waals surface area contributed by atoms with Crippen molar-refractivity contribution in [2.24, 2.45) is 0 Å². The van der Waals surface area contributed by atoms with Gasteiger partial charge in [-0.15, -0.1) is 0 Å². The Morgan fingerprint density at radius 2 is 2.05 bits per heavy atom. The zero-order valence-corrected chi connectivity index (χ0v) is 11.0. The van der Waals surface area contributed by atoms with Gasteiger partial charge in [-0.25, -0.2) is 4.98 Å². The minimum atomic E-state index is -4.43. The summed E-state index contributed by atoms with van der Waals surface area (Å²) in [5, 5.41) is 11.4.